The topological polar surface area (TPSA) is 98.4 Å². The fraction of sp³-hybridized carbons (Fsp3) is 0.250. The lowest BCUT2D eigenvalue weighted by molar-refractivity contribution is 0.803. The van der Waals surface area contributed by atoms with Crippen molar-refractivity contribution in [3.8, 4) is 5.95 Å². The van der Waals surface area contributed by atoms with Crippen molar-refractivity contribution in [2.45, 2.75) is 6.54 Å². The van der Waals surface area contributed by atoms with Crippen molar-refractivity contribution >= 4 is 11.9 Å². The molecule has 9 nitrogen and oxygen atoms in total. The second-order valence-electron chi connectivity index (χ2n) is 4.31. The summed E-state index contributed by atoms with van der Waals surface area (Å²) >= 11 is 0. The summed E-state index contributed by atoms with van der Waals surface area (Å²) in [6, 6.07) is 0. The van der Waals surface area contributed by atoms with Gasteiger partial charge in [-0.25, -0.2) is 9.97 Å². The van der Waals surface area contributed by atoms with Crippen molar-refractivity contribution in [3.63, 3.8) is 0 Å². The number of aryl methyl sites for hydroxylation is 1. The Morgan fingerprint density at radius 1 is 1.10 bits per heavy atom. The number of rotatable bonds is 5. The van der Waals surface area contributed by atoms with Crippen molar-refractivity contribution in [2.75, 3.05) is 17.7 Å². The zero-order valence-electron chi connectivity index (χ0n) is 11.7. The standard InChI is InChI=1S/C12H15N9/c1-13-10-17-11(16-7-9-15-4-5-20(9)2)19-12(18-10)21-6-3-14-8-21/h3-6,8H,7H2,1-2H3,(H2,13,16,17,18,19). The molecule has 0 saturated carbocycles. The number of anilines is 2. The van der Waals surface area contributed by atoms with Gasteiger partial charge in [0.05, 0.1) is 6.54 Å². The van der Waals surface area contributed by atoms with Gasteiger partial charge in [0.25, 0.3) is 0 Å². The number of imidazole rings is 2. The van der Waals surface area contributed by atoms with E-state index in [2.05, 4.69) is 35.6 Å². The van der Waals surface area contributed by atoms with E-state index in [-0.39, 0.29) is 0 Å². The normalized spacial score (nSPS) is 10.6. The third-order valence-electron chi connectivity index (χ3n) is 2.91. The predicted octanol–water partition coefficient (Wildman–Crippen LogP) is 0.445. The van der Waals surface area contributed by atoms with Gasteiger partial charge < -0.3 is 15.2 Å². The van der Waals surface area contributed by atoms with Crippen molar-refractivity contribution < 1.29 is 0 Å². The highest BCUT2D eigenvalue weighted by Crippen LogP contribution is 2.09. The lowest BCUT2D eigenvalue weighted by Gasteiger charge is -2.08. The van der Waals surface area contributed by atoms with Crippen molar-refractivity contribution in [1.29, 1.82) is 0 Å². The summed E-state index contributed by atoms with van der Waals surface area (Å²) in [4.78, 5) is 21.2. The molecule has 3 rings (SSSR count). The van der Waals surface area contributed by atoms with Gasteiger partial charge in [0.1, 0.15) is 12.2 Å². The molecule has 3 heterocycles. The molecule has 108 valence electrons. The van der Waals surface area contributed by atoms with Crippen LogP contribution in [0.15, 0.2) is 31.1 Å². The summed E-state index contributed by atoms with van der Waals surface area (Å²) in [5, 5.41) is 6.06. The van der Waals surface area contributed by atoms with Gasteiger partial charge >= 0.3 is 0 Å². The predicted molar refractivity (Wildman–Crippen MR) is 77.0 cm³/mol. The molecule has 0 aliphatic heterocycles. The van der Waals surface area contributed by atoms with Crippen LogP contribution in [0.3, 0.4) is 0 Å². The van der Waals surface area contributed by atoms with Crippen molar-refractivity contribution in [1.82, 2.24) is 34.1 Å². The highest BCUT2D eigenvalue weighted by atomic mass is 15.3. The molecule has 0 aliphatic rings. The van der Waals surface area contributed by atoms with Crippen LogP contribution in [0.5, 0.6) is 0 Å². The first kappa shape index (κ1) is 13.0. The molecule has 0 unspecified atom stereocenters. The molecule has 9 heteroatoms. The number of nitrogens with one attached hydrogen (secondary N) is 2. The van der Waals surface area contributed by atoms with E-state index in [0.29, 0.717) is 24.4 Å². The monoisotopic (exact) mass is 285 g/mol. The van der Waals surface area contributed by atoms with Crippen LogP contribution in [0.1, 0.15) is 5.82 Å². The van der Waals surface area contributed by atoms with E-state index in [0.717, 1.165) is 5.82 Å². The van der Waals surface area contributed by atoms with Crippen LogP contribution in [0, 0.1) is 0 Å². The molecule has 0 atom stereocenters. The molecule has 0 bridgehead atoms. The molecule has 0 aliphatic carbocycles. The van der Waals surface area contributed by atoms with Gasteiger partial charge in [-0.15, -0.1) is 0 Å². The van der Waals surface area contributed by atoms with E-state index in [4.69, 9.17) is 0 Å². The summed E-state index contributed by atoms with van der Waals surface area (Å²) in [6.45, 7) is 0.528. The van der Waals surface area contributed by atoms with E-state index in [9.17, 15) is 0 Å². The number of nitrogens with zero attached hydrogens (tertiary/aromatic N) is 7. The summed E-state index contributed by atoms with van der Waals surface area (Å²) in [5.41, 5.74) is 0. The molecule has 3 aromatic heterocycles. The Morgan fingerprint density at radius 2 is 1.95 bits per heavy atom. The number of hydrogen-bond donors (Lipinski definition) is 2. The first-order valence-electron chi connectivity index (χ1n) is 6.38. The summed E-state index contributed by atoms with van der Waals surface area (Å²) in [7, 11) is 3.70. The molecule has 0 fully saturated rings. The second kappa shape index (κ2) is 5.57. The Bertz CT molecular complexity index is 716. The molecular formula is C12H15N9. The Morgan fingerprint density at radius 3 is 2.62 bits per heavy atom. The Labute approximate surface area is 121 Å². The van der Waals surface area contributed by atoms with Gasteiger partial charge in [0, 0.05) is 38.9 Å². The third-order valence-corrected chi connectivity index (χ3v) is 2.91. The molecule has 0 amide bonds. The molecular weight excluding hydrogens is 270 g/mol. The van der Waals surface area contributed by atoms with Gasteiger partial charge in [-0.3, -0.25) is 4.57 Å². The molecule has 21 heavy (non-hydrogen) atoms. The first-order chi connectivity index (χ1) is 10.3. The lowest BCUT2D eigenvalue weighted by atomic mass is 10.6. The van der Waals surface area contributed by atoms with Crippen LogP contribution in [-0.2, 0) is 13.6 Å². The molecule has 0 aromatic carbocycles. The minimum atomic E-state index is 0.473. The SMILES string of the molecule is CNc1nc(NCc2nccn2C)nc(-n2ccnc2)n1. The van der Waals surface area contributed by atoms with Gasteiger partial charge in [-0.1, -0.05) is 0 Å². The second-order valence-corrected chi connectivity index (χ2v) is 4.31. The van der Waals surface area contributed by atoms with Crippen LogP contribution in [0.4, 0.5) is 11.9 Å². The quantitative estimate of drug-likeness (QED) is 0.702. The van der Waals surface area contributed by atoms with Gasteiger partial charge in [-0.2, -0.15) is 15.0 Å². The van der Waals surface area contributed by atoms with E-state index < -0.39 is 0 Å². The smallest absolute Gasteiger partial charge is 0.241 e. The minimum Gasteiger partial charge on any atom is -0.357 e. The van der Waals surface area contributed by atoms with E-state index in [1.807, 2.05) is 17.8 Å². The highest BCUT2D eigenvalue weighted by molar-refractivity contribution is 5.37. The van der Waals surface area contributed by atoms with Crippen molar-refractivity contribution in [2.24, 2.45) is 7.05 Å². The van der Waals surface area contributed by atoms with Gasteiger partial charge in [0.2, 0.25) is 17.8 Å². The summed E-state index contributed by atoms with van der Waals surface area (Å²) in [6.07, 6.45) is 8.72. The van der Waals surface area contributed by atoms with Crippen LogP contribution in [0.2, 0.25) is 0 Å². The zero-order valence-corrected chi connectivity index (χ0v) is 11.7. The van der Waals surface area contributed by atoms with E-state index in [1.54, 1.807) is 36.5 Å². The van der Waals surface area contributed by atoms with Crippen LogP contribution in [-0.4, -0.2) is 41.1 Å². The molecule has 3 aromatic rings. The maximum atomic E-state index is 4.37. The number of aromatic nitrogens is 7. The number of hydrogen-bond acceptors (Lipinski definition) is 7. The Hall–Kier alpha value is -2.97. The zero-order chi connectivity index (χ0) is 14.7. The van der Waals surface area contributed by atoms with Crippen molar-refractivity contribution in [3.05, 3.63) is 36.9 Å². The maximum absolute atomic E-state index is 4.37. The van der Waals surface area contributed by atoms with E-state index in [1.165, 1.54) is 0 Å². The molecule has 2 N–H and O–H groups in total. The maximum Gasteiger partial charge on any atom is 0.241 e. The summed E-state index contributed by atoms with van der Waals surface area (Å²) < 4.78 is 3.65. The third kappa shape index (κ3) is 2.81. The van der Waals surface area contributed by atoms with Crippen LogP contribution in [0.25, 0.3) is 5.95 Å². The largest absolute Gasteiger partial charge is 0.357 e. The fourth-order valence-corrected chi connectivity index (χ4v) is 1.77. The fourth-order valence-electron chi connectivity index (χ4n) is 1.77. The first-order valence-corrected chi connectivity index (χ1v) is 6.38. The molecule has 0 spiro atoms. The Kier molecular flexibility index (Phi) is 3.46. The minimum absolute atomic E-state index is 0.473. The molecule has 0 radical (unpaired) electrons. The average Bonchev–Trinajstić information content (AvgIpc) is 3.16. The summed E-state index contributed by atoms with van der Waals surface area (Å²) in [5.74, 6) is 2.34. The van der Waals surface area contributed by atoms with Crippen LogP contribution < -0.4 is 10.6 Å². The molecule has 0 saturated heterocycles. The average molecular weight is 285 g/mol. The van der Waals surface area contributed by atoms with Gasteiger partial charge in [0.15, 0.2) is 0 Å². The van der Waals surface area contributed by atoms with E-state index >= 15 is 0 Å². The lowest BCUT2D eigenvalue weighted by Crippen LogP contribution is -2.12. The van der Waals surface area contributed by atoms with Gasteiger partial charge in [-0.05, 0) is 0 Å². The highest BCUT2D eigenvalue weighted by Gasteiger charge is 2.08. The van der Waals surface area contributed by atoms with Crippen LogP contribution >= 0.6 is 0 Å². The Balaban J connectivity index is 1.84.